The van der Waals surface area contributed by atoms with Crippen LogP contribution in [-0.4, -0.2) is 5.11 Å². The van der Waals surface area contributed by atoms with Gasteiger partial charge in [-0.05, 0) is 31.4 Å². The van der Waals surface area contributed by atoms with Gasteiger partial charge in [0.15, 0.2) is 0 Å². The van der Waals surface area contributed by atoms with E-state index in [2.05, 4.69) is 12.1 Å². The zero-order chi connectivity index (χ0) is 11.4. The normalized spacial score (nSPS) is 12.6. The molecular weight excluding hydrogens is 200 g/mol. The third kappa shape index (κ3) is 2.52. The molecule has 0 saturated carbocycles. The molecule has 0 spiro atoms. The summed E-state index contributed by atoms with van der Waals surface area (Å²) in [6, 6.07) is 12.0. The molecule has 0 amide bonds. The van der Waals surface area contributed by atoms with Crippen LogP contribution in [0, 0.1) is 6.92 Å². The summed E-state index contributed by atoms with van der Waals surface area (Å²) < 4.78 is 5.18. The second-order valence-electron chi connectivity index (χ2n) is 3.97. The predicted molar refractivity (Wildman–Crippen MR) is 63.2 cm³/mol. The number of aliphatic hydroxyl groups excluding tert-OH is 1. The van der Waals surface area contributed by atoms with Crippen molar-refractivity contribution in [1.29, 1.82) is 0 Å². The molecule has 0 bridgehead atoms. The fraction of sp³-hybridized carbons (Fsp3) is 0.286. The lowest BCUT2D eigenvalue weighted by Crippen LogP contribution is -1.99. The lowest BCUT2D eigenvalue weighted by Gasteiger charge is -2.09. The van der Waals surface area contributed by atoms with E-state index in [1.54, 1.807) is 6.26 Å². The number of aryl methyl sites for hydroxylation is 2. The van der Waals surface area contributed by atoms with Crippen molar-refractivity contribution >= 4 is 0 Å². The van der Waals surface area contributed by atoms with Crippen LogP contribution in [0.1, 0.15) is 29.4 Å². The van der Waals surface area contributed by atoms with Gasteiger partial charge < -0.3 is 9.52 Å². The number of hydrogen-bond donors (Lipinski definition) is 1. The summed E-state index contributed by atoms with van der Waals surface area (Å²) in [5, 5.41) is 9.99. The third-order valence-corrected chi connectivity index (χ3v) is 2.81. The highest BCUT2D eigenvalue weighted by Gasteiger charge is 2.12. The molecule has 16 heavy (non-hydrogen) atoms. The first kappa shape index (κ1) is 11.0. The molecule has 0 saturated heterocycles. The van der Waals surface area contributed by atoms with Crippen LogP contribution in [0.2, 0.25) is 0 Å². The summed E-state index contributed by atoms with van der Waals surface area (Å²) in [4.78, 5) is 0. The van der Waals surface area contributed by atoms with Crippen molar-refractivity contribution in [3.8, 4) is 0 Å². The van der Waals surface area contributed by atoms with E-state index in [0.717, 1.165) is 24.2 Å². The summed E-state index contributed by atoms with van der Waals surface area (Å²) in [7, 11) is 0. The largest absolute Gasteiger partial charge is 0.469 e. The molecule has 0 fully saturated rings. The zero-order valence-corrected chi connectivity index (χ0v) is 9.39. The van der Waals surface area contributed by atoms with Crippen molar-refractivity contribution in [2.45, 2.75) is 25.9 Å². The number of aliphatic hydroxyl groups is 1. The maximum absolute atomic E-state index is 9.99. The highest BCUT2D eigenvalue weighted by Crippen LogP contribution is 2.22. The van der Waals surface area contributed by atoms with Gasteiger partial charge in [0, 0.05) is 5.56 Å². The summed E-state index contributed by atoms with van der Waals surface area (Å²) >= 11 is 0. The Bertz CT molecular complexity index is 431. The Morgan fingerprint density at radius 3 is 2.56 bits per heavy atom. The minimum atomic E-state index is -0.432. The van der Waals surface area contributed by atoms with Crippen molar-refractivity contribution in [2.75, 3.05) is 0 Å². The average molecular weight is 216 g/mol. The van der Waals surface area contributed by atoms with Crippen molar-refractivity contribution in [2.24, 2.45) is 0 Å². The van der Waals surface area contributed by atoms with Gasteiger partial charge >= 0.3 is 0 Å². The minimum Gasteiger partial charge on any atom is -0.469 e. The van der Waals surface area contributed by atoms with Crippen molar-refractivity contribution in [3.05, 3.63) is 59.5 Å². The standard InChI is InChI=1S/C14H16O2/c1-11-13(9-10-16-11)14(15)8-7-12-5-3-2-4-6-12/h2-6,9-10,14-15H,7-8H2,1H3. The molecule has 2 heteroatoms. The summed E-state index contributed by atoms with van der Waals surface area (Å²) in [6.07, 6.45) is 2.80. The summed E-state index contributed by atoms with van der Waals surface area (Å²) in [5.41, 5.74) is 2.15. The number of benzene rings is 1. The molecule has 1 aromatic carbocycles. The minimum absolute atomic E-state index is 0.432. The molecule has 0 aliphatic rings. The molecule has 2 aromatic rings. The van der Waals surface area contributed by atoms with Crippen LogP contribution in [-0.2, 0) is 6.42 Å². The number of rotatable bonds is 4. The highest BCUT2D eigenvalue weighted by molar-refractivity contribution is 5.20. The first-order valence-corrected chi connectivity index (χ1v) is 5.53. The van der Waals surface area contributed by atoms with Gasteiger partial charge in [-0.25, -0.2) is 0 Å². The van der Waals surface area contributed by atoms with E-state index in [1.165, 1.54) is 5.56 Å². The van der Waals surface area contributed by atoms with E-state index in [4.69, 9.17) is 4.42 Å². The van der Waals surface area contributed by atoms with E-state index in [-0.39, 0.29) is 0 Å². The van der Waals surface area contributed by atoms with Gasteiger partial charge in [0.25, 0.3) is 0 Å². The monoisotopic (exact) mass is 216 g/mol. The second kappa shape index (κ2) is 4.99. The molecule has 1 atom stereocenters. The Morgan fingerprint density at radius 2 is 1.94 bits per heavy atom. The molecule has 2 nitrogen and oxygen atoms in total. The van der Waals surface area contributed by atoms with Crippen LogP contribution in [0.15, 0.2) is 47.1 Å². The number of furan rings is 1. The molecule has 1 N–H and O–H groups in total. The van der Waals surface area contributed by atoms with Gasteiger partial charge in [-0.3, -0.25) is 0 Å². The molecular formula is C14H16O2. The van der Waals surface area contributed by atoms with Crippen LogP contribution in [0.5, 0.6) is 0 Å². The van der Waals surface area contributed by atoms with Crippen molar-refractivity contribution < 1.29 is 9.52 Å². The fourth-order valence-corrected chi connectivity index (χ4v) is 1.84. The lowest BCUT2D eigenvalue weighted by atomic mass is 10.0. The Labute approximate surface area is 95.5 Å². The number of hydrogen-bond acceptors (Lipinski definition) is 2. The third-order valence-electron chi connectivity index (χ3n) is 2.81. The van der Waals surface area contributed by atoms with Crippen LogP contribution in [0.25, 0.3) is 0 Å². The van der Waals surface area contributed by atoms with E-state index < -0.39 is 6.10 Å². The zero-order valence-electron chi connectivity index (χ0n) is 9.39. The SMILES string of the molecule is Cc1occc1C(O)CCc1ccccc1. The Kier molecular flexibility index (Phi) is 3.42. The molecule has 0 radical (unpaired) electrons. The van der Waals surface area contributed by atoms with Crippen LogP contribution >= 0.6 is 0 Å². The molecule has 1 aromatic heterocycles. The first-order chi connectivity index (χ1) is 7.77. The van der Waals surface area contributed by atoms with Gasteiger partial charge in [-0.1, -0.05) is 30.3 Å². The van der Waals surface area contributed by atoms with E-state index in [9.17, 15) is 5.11 Å². The maximum Gasteiger partial charge on any atom is 0.106 e. The predicted octanol–water partition coefficient (Wildman–Crippen LogP) is 3.25. The van der Waals surface area contributed by atoms with Crippen molar-refractivity contribution in [1.82, 2.24) is 0 Å². The van der Waals surface area contributed by atoms with Crippen molar-refractivity contribution in [3.63, 3.8) is 0 Å². The van der Waals surface area contributed by atoms with Crippen LogP contribution in [0.3, 0.4) is 0 Å². The van der Waals surface area contributed by atoms with E-state index in [0.29, 0.717) is 0 Å². The topological polar surface area (TPSA) is 33.4 Å². The highest BCUT2D eigenvalue weighted by atomic mass is 16.3. The fourth-order valence-electron chi connectivity index (χ4n) is 1.84. The van der Waals surface area contributed by atoms with E-state index >= 15 is 0 Å². The van der Waals surface area contributed by atoms with Gasteiger partial charge in [-0.2, -0.15) is 0 Å². The molecule has 84 valence electrons. The van der Waals surface area contributed by atoms with E-state index in [1.807, 2.05) is 31.2 Å². The Balaban J connectivity index is 1.94. The molecule has 1 unspecified atom stereocenters. The summed E-state index contributed by atoms with van der Waals surface area (Å²) in [6.45, 7) is 1.88. The van der Waals surface area contributed by atoms with Gasteiger partial charge in [-0.15, -0.1) is 0 Å². The average Bonchev–Trinajstić information content (AvgIpc) is 2.74. The quantitative estimate of drug-likeness (QED) is 0.851. The lowest BCUT2D eigenvalue weighted by molar-refractivity contribution is 0.166. The Morgan fingerprint density at radius 1 is 1.19 bits per heavy atom. The maximum atomic E-state index is 9.99. The van der Waals surface area contributed by atoms with Gasteiger partial charge in [0.1, 0.15) is 5.76 Å². The van der Waals surface area contributed by atoms with Crippen LogP contribution < -0.4 is 0 Å². The second-order valence-corrected chi connectivity index (χ2v) is 3.97. The smallest absolute Gasteiger partial charge is 0.106 e. The first-order valence-electron chi connectivity index (χ1n) is 5.53. The molecule has 0 aliphatic heterocycles. The summed E-state index contributed by atoms with van der Waals surface area (Å²) in [5.74, 6) is 0.806. The molecule has 0 aliphatic carbocycles. The van der Waals surface area contributed by atoms with Gasteiger partial charge in [0.05, 0.1) is 12.4 Å². The molecule has 1 heterocycles. The molecule has 2 rings (SSSR count). The Hall–Kier alpha value is -1.54. The van der Waals surface area contributed by atoms with Gasteiger partial charge in [0.2, 0.25) is 0 Å². The van der Waals surface area contributed by atoms with Crippen LogP contribution in [0.4, 0.5) is 0 Å².